The third kappa shape index (κ3) is 2.49. The highest BCUT2D eigenvalue weighted by Crippen LogP contribution is 2.28. The second kappa shape index (κ2) is 5.14. The zero-order chi connectivity index (χ0) is 10.7. The van der Waals surface area contributed by atoms with Crippen LogP contribution in [0.25, 0.3) is 0 Å². The van der Waals surface area contributed by atoms with Gasteiger partial charge in [0.05, 0.1) is 17.9 Å². The van der Waals surface area contributed by atoms with Gasteiger partial charge in [-0.3, -0.25) is 0 Å². The Morgan fingerprint density at radius 3 is 2.57 bits per heavy atom. The van der Waals surface area contributed by atoms with Crippen molar-refractivity contribution in [1.82, 2.24) is 4.98 Å². The molecule has 1 heterocycles. The molecule has 0 aromatic carbocycles. The lowest BCUT2D eigenvalue weighted by Gasteiger charge is -2.08. The Kier molecular flexibility index (Phi) is 4.40. The molecular formula is C8H7Br2F2NO. The number of rotatable bonds is 3. The van der Waals surface area contributed by atoms with Crippen molar-refractivity contribution in [2.45, 2.75) is 18.4 Å². The smallest absolute Gasteiger partial charge is 0.266 e. The minimum Gasteiger partial charge on any atom is -0.392 e. The van der Waals surface area contributed by atoms with Crippen molar-refractivity contribution >= 4 is 31.9 Å². The third-order valence-corrected chi connectivity index (χ3v) is 2.87. The van der Waals surface area contributed by atoms with Crippen LogP contribution in [0.1, 0.15) is 23.2 Å². The van der Waals surface area contributed by atoms with Crippen LogP contribution in [-0.4, -0.2) is 10.1 Å². The maximum Gasteiger partial charge on any atom is 0.266 e. The summed E-state index contributed by atoms with van der Waals surface area (Å²) in [6.45, 7) is -0.291. The Labute approximate surface area is 96.6 Å². The van der Waals surface area contributed by atoms with Gasteiger partial charge in [0, 0.05) is 10.9 Å². The number of nitrogens with zero attached hydrogens (tertiary/aromatic N) is 1. The van der Waals surface area contributed by atoms with E-state index in [2.05, 4.69) is 36.8 Å². The van der Waals surface area contributed by atoms with Gasteiger partial charge in [-0.05, 0) is 22.0 Å². The van der Waals surface area contributed by atoms with Crippen molar-refractivity contribution in [2.24, 2.45) is 0 Å². The Bertz CT molecular complexity index is 333. The lowest BCUT2D eigenvalue weighted by atomic mass is 10.1. The molecule has 0 aliphatic heterocycles. The number of aliphatic hydroxyl groups excluding tert-OH is 1. The van der Waals surface area contributed by atoms with Gasteiger partial charge in [0.25, 0.3) is 6.43 Å². The van der Waals surface area contributed by atoms with E-state index in [0.29, 0.717) is 16.6 Å². The largest absolute Gasteiger partial charge is 0.392 e. The molecule has 0 spiro atoms. The van der Waals surface area contributed by atoms with E-state index in [9.17, 15) is 8.78 Å². The lowest BCUT2D eigenvalue weighted by molar-refractivity contribution is 0.149. The highest BCUT2D eigenvalue weighted by molar-refractivity contribution is 9.10. The molecule has 14 heavy (non-hydrogen) atoms. The van der Waals surface area contributed by atoms with Crippen LogP contribution in [0.4, 0.5) is 8.78 Å². The van der Waals surface area contributed by atoms with Crippen LogP contribution in [0.5, 0.6) is 0 Å². The topological polar surface area (TPSA) is 33.1 Å². The number of hydrogen-bond acceptors (Lipinski definition) is 2. The number of aromatic nitrogens is 1. The maximum absolute atomic E-state index is 12.4. The fraction of sp³-hybridized carbons (Fsp3) is 0.375. The molecule has 0 saturated heterocycles. The van der Waals surface area contributed by atoms with Gasteiger partial charge in [0.15, 0.2) is 0 Å². The van der Waals surface area contributed by atoms with Gasteiger partial charge in [-0.1, -0.05) is 15.9 Å². The molecule has 1 N–H and O–H groups in total. The molecule has 0 amide bonds. The first kappa shape index (κ1) is 12.0. The summed E-state index contributed by atoms with van der Waals surface area (Å²) < 4.78 is 25.0. The molecule has 2 nitrogen and oxygen atoms in total. The Morgan fingerprint density at radius 2 is 2.14 bits per heavy atom. The molecular weight excluding hydrogens is 324 g/mol. The molecule has 1 aromatic rings. The molecule has 0 bridgehead atoms. The van der Waals surface area contributed by atoms with Gasteiger partial charge in [0.1, 0.15) is 4.60 Å². The molecule has 6 heteroatoms. The summed E-state index contributed by atoms with van der Waals surface area (Å²) in [5, 5.41) is 9.35. The minimum absolute atomic E-state index is 0.124. The number of pyridine rings is 1. The zero-order valence-electron chi connectivity index (χ0n) is 6.98. The van der Waals surface area contributed by atoms with E-state index < -0.39 is 6.43 Å². The first-order chi connectivity index (χ1) is 6.60. The second-order valence-electron chi connectivity index (χ2n) is 2.57. The third-order valence-electron chi connectivity index (χ3n) is 1.70. The SMILES string of the molecule is OCc1cc(C(F)F)c(Br)nc1CBr. The maximum atomic E-state index is 12.4. The Hall–Kier alpha value is -0.0700. The van der Waals surface area contributed by atoms with Crippen LogP contribution in [0.15, 0.2) is 10.7 Å². The van der Waals surface area contributed by atoms with Gasteiger partial charge >= 0.3 is 0 Å². The fourth-order valence-electron chi connectivity index (χ4n) is 0.991. The van der Waals surface area contributed by atoms with Gasteiger partial charge in [-0.15, -0.1) is 0 Å². The van der Waals surface area contributed by atoms with Crippen molar-refractivity contribution in [3.8, 4) is 0 Å². The van der Waals surface area contributed by atoms with Gasteiger partial charge < -0.3 is 5.11 Å². The molecule has 0 saturated carbocycles. The van der Waals surface area contributed by atoms with Crippen molar-refractivity contribution in [2.75, 3.05) is 0 Å². The minimum atomic E-state index is -2.59. The summed E-state index contributed by atoms with van der Waals surface area (Å²) >= 11 is 6.12. The van der Waals surface area contributed by atoms with Crippen LogP contribution in [0.2, 0.25) is 0 Å². The first-order valence-corrected chi connectivity index (χ1v) is 5.64. The van der Waals surface area contributed by atoms with Gasteiger partial charge in [-0.25, -0.2) is 13.8 Å². The average molecular weight is 331 g/mol. The van der Waals surface area contributed by atoms with Crippen LogP contribution in [-0.2, 0) is 11.9 Å². The van der Waals surface area contributed by atoms with E-state index in [-0.39, 0.29) is 16.8 Å². The molecule has 0 unspecified atom stereocenters. The molecule has 0 atom stereocenters. The lowest BCUT2D eigenvalue weighted by Crippen LogP contribution is -2.00. The molecule has 78 valence electrons. The van der Waals surface area contributed by atoms with E-state index in [0.717, 1.165) is 0 Å². The number of alkyl halides is 3. The summed E-state index contributed by atoms with van der Waals surface area (Å²) in [4.78, 5) is 3.91. The predicted molar refractivity (Wildman–Crippen MR) is 55.4 cm³/mol. The number of hydrogen-bond donors (Lipinski definition) is 1. The van der Waals surface area contributed by atoms with Gasteiger partial charge in [-0.2, -0.15) is 0 Å². The zero-order valence-corrected chi connectivity index (χ0v) is 10.1. The first-order valence-electron chi connectivity index (χ1n) is 3.73. The molecule has 0 radical (unpaired) electrons. The molecule has 0 aliphatic carbocycles. The molecule has 0 fully saturated rings. The second-order valence-corrected chi connectivity index (χ2v) is 3.88. The molecule has 1 rings (SSSR count). The number of halogens is 4. The highest BCUT2D eigenvalue weighted by atomic mass is 79.9. The van der Waals surface area contributed by atoms with E-state index in [1.807, 2.05) is 0 Å². The van der Waals surface area contributed by atoms with Crippen molar-refractivity contribution in [3.63, 3.8) is 0 Å². The van der Waals surface area contributed by atoms with Crippen LogP contribution < -0.4 is 0 Å². The fourth-order valence-corrected chi connectivity index (χ4v) is 1.98. The Morgan fingerprint density at radius 1 is 1.50 bits per heavy atom. The van der Waals surface area contributed by atoms with E-state index >= 15 is 0 Å². The van der Waals surface area contributed by atoms with Crippen molar-refractivity contribution in [3.05, 3.63) is 27.5 Å². The summed E-state index contributed by atoms with van der Waals surface area (Å²) in [6.07, 6.45) is -2.59. The summed E-state index contributed by atoms with van der Waals surface area (Å²) in [7, 11) is 0. The Balaban J connectivity index is 3.23. The highest BCUT2D eigenvalue weighted by Gasteiger charge is 2.15. The number of aliphatic hydroxyl groups is 1. The summed E-state index contributed by atoms with van der Waals surface area (Å²) in [6, 6.07) is 1.26. The normalized spacial score (nSPS) is 11.0. The molecule has 1 aromatic heterocycles. The van der Waals surface area contributed by atoms with Crippen LogP contribution >= 0.6 is 31.9 Å². The van der Waals surface area contributed by atoms with Crippen LogP contribution in [0, 0.1) is 0 Å². The average Bonchev–Trinajstić information content (AvgIpc) is 2.16. The molecule has 0 aliphatic rings. The monoisotopic (exact) mass is 329 g/mol. The standard InChI is InChI=1S/C8H7Br2F2NO/c9-2-6-4(3-14)1-5(8(11)12)7(10)13-6/h1,8,14H,2-3H2. The quantitative estimate of drug-likeness (QED) is 0.682. The van der Waals surface area contributed by atoms with Crippen molar-refractivity contribution < 1.29 is 13.9 Å². The van der Waals surface area contributed by atoms with Crippen LogP contribution in [0.3, 0.4) is 0 Å². The van der Waals surface area contributed by atoms with Gasteiger partial charge in [0.2, 0.25) is 0 Å². The summed E-state index contributed by atoms with van der Waals surface area (Å²) in [5.41, 5.74) is 0.780. The van der Waals surface area contributed by atoms with Crippen molar-refractivity contribution in [1.29, 1.82) is 0 Å². The summed E-state index contributed by atoms with van der Waals surface area (Å²) in [5.74, 6) is 0. The predicted octanol–water partition coefficient (Wildman–Crippen LogP) is 3.17. The van der Waals surface area contributed by atoms with E-state index in [1.54, 1.807) is 0 Å². The van der Waals surface area contributed by atoms with E-state index in [4.69, 9.17) is 5.11 Å². The van der Waals surface area contributed by atoms with E-state index in [1.165, 1.54) is 6.07 Å².